The van der Waals surface area contributed by atoms with E-state index in [9.17, 15) is 0 Å². The fourth-order valence-electron chi connectivity index (χ4n) is 1.30. The lowest BCUT2D eigenvalue weighted by Crippen LogP contribution is -2.06. The molecule has 0 saturated heterocycles. The zero-order valence-electron chi connectivity index (χ0n) is 8.96. The average Bonchev–Trinajstić information content (AvgIpc) is 2.16. The molecule has 78 valence electrons. The molecule has 0 rings (SSSR count). The Morgan fingerprint density at radius 2 is 1.54 bits per heavy atom. The summed E-state index contributed by atoms with van der Waals surface area (Å²) < 4.78 is 0. The maximum Gasteiger partial charge on any atom is 0.180 e. The number of rotatable bonds is 9. The molecule has 0 heterocycles. The van der Waals surface area contributed by atoms with Crippen molar-refractivity contribution in [1.29, 1.82) is 0 Å². The van der Waals surface area contributed by atoms with E-state index in [4.69, 9.17) is 5.53 Å². The Hall–Kier alpha value is -0.600. The van der Waals surface area contributed by atoms with E-state index in [1.165, 1.54) is 45.6 Å². The molecule has 0 aromatic rings. The molecule has 0 atom stereocenters. The summed E-state index contributed by atoms with van der Waals surface area (Å²) in [4.78, 5) is 5.48. The first-order valence-electron chi connectivity index (χ1n) is 5.31. The second kappa shape index (κ2) is 9.49. The number of hydrogen-bond donors (Lipinski definition) is 0. The highest BCUT2D eigenvalue weighted by molar-refractivity contribution is 4.43. The van der Waals surface area contributed by atoms with E-state index >= 15 is 0 Å². The van der Waals surface area contributed by atoms with Gasteiger partial charge < -0.3 is 5.53 Å². The predicted molar refractivity (Wildman–Crippen MR) is 53.5 cm³/mol. The molecule has 0 saturated carbocycles. The first-order valence-corrected chi connectivity index (χ1v) is 5.31. The molecule has 0 unspecified atom stereocenters. The Morgan fingerprint density at radius 1 is 1.00 bits per heavy atom. The SMILES string of the molecule is CCCCCCCCC[N+](=[N-])OC. The van der Waals surface area contributed by atoms with Gasteiger partial charge in [0.2, 0.25) is 0 Å². The normalized spacial score (nSPS) is 10.0. The van der Waals surface area contributed by atoms with Crippen LogP contribution in [0.4, 0.5) is 0 Å². The van der Waals surface area contributed by atoms with E-state index in [0.717, 1.165) is 11.3 Å². The Labute approximate surface area is 81.5 Å². The molecule has 0 aliphatic heterocycles. The first kappa shape index (κ1) is 12.4. The molecular weight excluding hydrogens is 164 g/mol. The van der Waals surface area contributed by atoms with E-state index in [-0.39, 0.29) is 0 Å². The fourth-order valence-corrected chi connectivity index (χ4v) is 1.30. The van der Waals surface area contributed by atoms with E-state index in [1.807, 2.05) is 0 Å². The zero-order valence-corrected chi connectivity index (χ0v) is 8.96. The third-order valence-corrected chi connectivity index (χ3v) is 2.16. The molecule has 0 aromatic heterocycles. The van der Waals surface area contributed by atoms with Crippen molar-refractivity contribution >= 4 is 0 Å². The van der Waals surface area contributed by atoms with Crippen LogP contribution in [-0.4, -0.2) is 18.5 Å². The van der Waals surface area contributed by atoms with Crippen LogP contribution in [0.5, 0.6) is 0 Å². The molecule has 3 nitrogen and oxygen atoms in total. The summed E-state index contributed by atoms with van der Waals surface area (Å²) in [6.45, 7) is 2.84. The van der Waals surface area contributed by atoms with E-state index in [0.29, 0.717) is 6.54 Å². The fraction of sp³-hybridized carbons (Fsp3) is 1.00. The van der Waals surface area contributed by atoms with Gasteiger partial charge in [-0.05, 0) is 6.42 Å². The second-order valence-corrected chi connectivity index (χ2v) is 3.38. The van der Waals surface area contributed by atoms with Gasteiger partial charge in [-0.2, -0.15) is 0 Å². The predicted octanol–water partition coefficient (Wildman–Crippen LogP) is 3.33. The third-order valence-electron chi connectivity index (χ3n) is 2.16. The van der Waals surface area contributed by atoms with Gasteiger partial charge in [-0.1, -0.05) is 39.0 Å². The van der Waals surface area contributed by atoms with Gasteiger partial charge in [-0.25, -0.2) is 0 Å². The summed E-state index contributed by atoms with van der Waals surface area (Å²) in [5, 5.41) is 0. The van der Waals surface area contributed by atoms with Crippen LogP contribution in [0.1, 0.15) is 51.9 Å². The average molecular weight is 186 g/mol. The van der Waals surface area contributed by atoms with Crippen molar-refractivity contribution in [2.75, 3.05) is 13.7 Å². The summed E-state index contributed by atoms with van der Waals surface area (Å²) in [5.74, 6) is 0. The number of unbranched alkanes of at least 4 members (excludes halogenated alkanes) is 6. The molecule has 0 aliphatic rings. The lowest BCUT2D eigenvalue weighted by atomic mass is 10.1. The first-order chi connectivity index (χ1) is 6.31. The Balaban J connectivity index is 2.95. The highest BCUT2D eigenvalue weighted by Gasteiger charge is 1.95. The van der Waals surface area contributed by atoms with Crippen LogP contribution in [-0.2, 0) is 4.84 Å². The van der Waals surface area contributed by atoms with Crippen molar-refractivity contribution in [3.63, 3.8) is 0 Å². The molecule has 0 aliphatic carbocycles. The van der Waals surface area contributed by atoms with Crippen molar-refractivity contribution in [2.24, 2.45) is 0 Å². The van der Waals surface area contributed by atoms with Crippen LogP contribution in [0.3, 0.4) is 0 Å². The van der Waals surface area contributed by atoms with Crippen LogP contribution >= 0.6 is 0 Å². The van der Waals surface area contributed by atoms with Crippen LogP contribution in [0.25, 0.3) is 5.53 Å². The quantitative estimate of drug-likeness (QED) is 0.235. The van der Waals surface area contributed by atoms with E-state index in [1.54, 1.807) is 0 Å². The van der Waals surface area contributed by atoms with Crippen molar-refractivity contribution in [3.8, 4) is 0 Å². The van der Waals surface area contributed by atoms with Gasteiger partial charge in [-0.3, -0.25) is 4.84 Å². The lowest BCUT2D eigenvalue weighted by molar-refractivity contribution is -0.796. The monoisotopic (exact) mass is 186 g/mol. The van der Waals surface area contributed by atoms with Gasteiger partial charge in [-0.15, -0.1) is 4.86 Å². The van der Waals surface area contributed by atoms with Crippen LogP contribution < -0.4 is 0 Å². The maximum absolute atomic E-state index is 8.91. The van der Waals surface area contributed by atoms with E-state index in [2.05, 4.69) is 11.8 Å². The van der Waals surface area contributed by atoms with E-state index < -0.39 is 0 Å². The highest BCUT2D eigenvalue weighted by atomic mass is 16.7. The molecular formula is C10H22N2O. The van der Waals surface area contributed by atoms with Crippen LogP contribution in [0.2, 0.25) is 0 Å². The molecule has 0 spiro atoms. The van der Waals surface area contributed by atoms with Crippen molar-refractivity contribution in [3.05, 3.63) is 5.53 Å². The smallest absolute Gasteiger partial charge is 0.180 e. The van der Waals surface area contributed by atoms with Gasteiger partial charge in [0, 0.05) is 6.42 Å². The molecule has 0 amide bonds. The van der Waals surface area contributed by atoms with Crippen molar-refractivity contribution in [1.82, 2.24) is 0 Å². The number of nitrogens with zero attached hydrogens (tertiary/aromatic N) is 2. The molecule has 0 aromatic carbocycles. The van der Waals surface area contributed by atoms with Gasteiger partial charge in [0.25, 0.3) is 0 Å². The van der Waals surface area contributed by atoms with Crippen molar-refractivity contribution < 1.29 is 9.70 Å². The van der Waals surface area contributed by atoms with Crippen LogP contribution in [0, 0.1) is 0 Å². The second-order valence-electron chi connectivity index (χ2n) is 3.38. The van der Waals surface area contributed by atoms with Gasteiger partial charge >= 0.3 is 0 Å². The molecule has 0 radical (unpaired) electrons. The molecule has 0 N–H and O–H groups in total. The minimum absolute atomic E-state index is 0.615. The molecule has 13 heavy (non-hydrogen) atoms. The Kier molecular flexibility index (Phi) is 9.05. The number of hydroxylamine groups is 1. The minimum atomic E-state index is 0.615. The molecule has 0 bridgehead atoms. The summed E-state index contributed by atoms with van der Waals surface area (Å²) in [5.41, 5.74) is 8.91. The van der Waals surface area contributed by atoms with Gasteiger partial charge in [0.05, 0.1) is 0 Å². The molecule has 0 fully saturated rings. The Morgan fingerprint density at radius 3 is 2.08 bits per heavy atom. The zero-order chi connectivity index (χ0) is 9.94. The lowest BCUT2D eigenvalue weighted by Gasteiger charge is -2.02. The minimum Gasteiger partial charge on any atom is -0.451 e. The Bertz CT molecular complexity index is 126. The van der Waals surface area contributed by atoms with Crippen LogP contribution in [0.15, 0.2) is 0 Å². The summed E-state index contributed by atoms with van der Waals surface area (Å²) in [7, 11) is 1.47. The topological polar surface area (TPSA) is 34.5 Å². The standard InChI is InChI=1S/C10H22N2O/c1-3-4-5-6-7-8-9-10-12(11)13-2/h3-10H2,1-2H3. The van der Waals surface area contributed by atoms with Gasteiger partial charge in [0.1, 0.15) is 7.11 Å². The highest BCUT2D eigenvalue weighted by Crippen LogP contribution is 2.06. The summed E-state index contributed by atoms with van der Waals surface area (Å²) in [6.07, 6.45) is 8.80. The third kappa shape index (κ3) is 9.31. The largest absolute Gasteiger partial charge is 0.451 e. The van der Waals surface area contributed by atoms with Crippen molar-refractivity contribution in [2.45, 2.75) is 51.9 Å². The molecule has 3 heteroatoms. The summed E-state index contributed by atoms with van der Waals surface area (Å²) >= 11 is 0. The summed E-state index contributed by atoms with van der Waals surface area (Å²) in [6, 6.07) is 0. The maximum atomic E-state index is 8.91. The van der Waals surface area contributed by atoms with Gasteiger partial charge in [0.15, 0.2) is 6.54 Å². The number of hydrogen-bond acceptors (Lipinski definition) is 1.